The number of carbonyl (C=O) groups is 1. The molecule has 3 aromatic rings. The molecule has 1 saturated carbocycles. The fraction of sp³-hybridized carbons (Fsp3) is 0.250. The van der Waals surface area contributed by atoms with Crippen LogP contribution in [0.25, 0.3) is 5.69 Å². The van der Waals surface area contributed by atoms with E-state index in [1.165, 1.54) is 30.2 Å². The second kappa shape index (κ2) is 7.74. The summed E-state index contributed by atoms with van der Waals surface area (Å²) in [7, 11) is 0. The Bertz CT molecular complexity index is 862. The van der Waals surface area contributed by atoms with Crippen molar-refractivity contribution in [2.75, 3.05) is 5.75 Å². The molecule has 4 rings (SSSR count). The number of amides is 1. The molecule has 2 aromatic carbocycles. The maximum atomic E-state index is 12.5. The lowest BCUT2D eigenvalue weighted by atomic mass is 10.0. The van der Waals surface area contributed by atoms with Crippen molar-refractivity contribution in [3.8, 4) is 5.69 Å². The highest BCUT2D eigenvalue weighted by Crippen LogP contribution is 2.41. The predicted octanol–water partition coefficient (Wildman–Crippen LogP) is 3.63. The minimum Gasteiger partial charge on any atom is -0.348 e. The number of hydrogen-bond donors (Lipinski definition) is 1. The van der Waals surface area contributed by atoms with Gasteiger partial charge in [0.15, 0.2) is 5.16 Å². The van der Waals surface area contributed by atoms with E-state index in [1.54, 1.807) is 6.33 Å². The first kappa shape index (κ1) is 16.8. The van der Waals surface area contributed by atoms with E-state index in [2.05, 4.69) is 27.6 Å². The second-order valence-corrected chi connectivity index (χ2v) is 7.34. The molecule has 0 saturated heterocycles. The normalized spacial score (nSPS) is 14.8. The first-order chi connectivity index (χ1) is 12.8. The third-order valence-corrected chi connectivity index (χ3v) is 5.39. The number of hydrogen-bond acceptors (Lipinski definition) is 4. The molecule has 1 heterocycles. The van der Waals surface area contributed by atoms with Crippen LogP contribution in [0.2, 0.25) is 0 Å². The van der Waals surface area contributed by atoms with Gasteiger partial charge >= 0.3 is 0 Å². The third-order valence-electron chi connectivity index (χ3n) is 4.45. The number of nitrogens with zero attached hydrogens (tertiary/aromatic N) is 3. The van der Waals surface area contributed by atoms with Gasteiger partial charge in [-0.15, -0.1) is 10.2 Å². The van der Waals surface area contributed by atoms with E-state index in [9.17, 15) is 4.79 Å². The summed E-state index contributed by atoms with van der Waals surface area (Å²) in [6, 6.07) is 20.2. The van der Waals surface area contributed by atoms with Crippen molar-refractivity contribution in [1.82, 2.24) is 20.1 Å². The van der Waals surface area contributed by atoms with Gasteiger partial charge in [0.2, 0.25) is 5.91 Å². The summed E-state index contributed by atoms with van der Waals surface area (Å²) in [5, 5.41) is 12.0. The Morgan fingerprint density at radius 2 is 1.81 bits per heavy atom. The van der Waals surface area contributed by atoms with Crippen molar-refractivity contribution in [2.24, 2.45) is 5.92 Å². The van der Waals surface area contributed by atoms with Crippen LogP contribution in [-0.4, -0.2) is 26.4 Å². The molecule has 0 aliphatic heterocycles. The van der Waals surface area contributed by atoms with Crippen molar-refractivity contribution >= 4 is 17.7 Å². The highest BCUT2D eigenvalue weighted by molar-refractivity contribution is 7.99. The van der Waals surface area contributed by atoms with Gasteiger partial charge in [0.1, 0.15) is 6.33 Å². The highest BCUT2D eigenvalue weighted by atomic mass is 32.2. The lowest BCUT2D eigenvalue weighted by Gasteiger charge is -2.18. The Kier molecular flexibility index (Phi) is 5.02. The summed E-state index contributed by atoms with van der Waals surface area (Å²) in [6.07, 6.45) is 4.02. The zero-order chi connectivity index (χ0) is 17.8. The monoisotopic (exact) mass is 364 g/mol. The molecular formula is C20H20N4OS. The fourth-order valence-electron chi connectivity index (χ4n) is 3.00. The zero-order valence-electron chi connectivity index (χ0n) is 14.3. The molecule has 1 atom stereocenters. The molecule has 1 fully saturated rings. The molecule has 26 heavy (non-hydrogen) atoms. The quantitative estimate of drug-likeness (QED) is 0.651. The summed E-state index contributed by atoms with van der Waals surface area (Å²) < 4.78 is 1.90. The van der Waals surface area contributed by atoms with E-state index >= 15 is 0 Å². The first-order valence-corrected chi connectivity index (χ1v) is 9.72. The number of aromatic nitrogens is 3. The predicted molar refractivity (Wildman–Crippen MR) is 102 cm³/mol. The van der Waals surface area contributed by atoms with Crippen molar-refractivity contribution in [3.63, 3.8) is 0 Å². The summed E-state index contributed by atoms with van der Waals surface area (Å²) in [5.41, 5.74) is 2.17. The Balaban J connectivity index is 1.40. The smallest absolute Gasteiger partial charge is 0.230 e. The van der Waals surface area contributed by atoms with Gasteiger partial charge in [-0.3, -0.25) is 9.36 Å². The molecule has 5 nitrogen and oxygen atoms in total. The van der Waals surface area contributed by atoms with Crippen LogP contribution in [0.15, 0.2) is 72.1 Å². The van der Waals surface area contributed by atoms with Crippen LogP contribution in [0.5, 0.6) is 0 Å². The molecule has 1 N–H and O–H groups in total. The van der Waals surface area contributed by atoms with E-state index < -0.39 is 0 Å². The molecule has 1 amide bonds. The fourth-order valence-corrected chi connectivity index (χ4v) is 3.74. The molecule has 0 spiro atoms. The number of nitrogens with one attached hydrogen (secondary N) is 1. The van der Waals surface area contributed by atoms with Crippen LogP contribution in [0.1, 0.15) is 24.4 Å². The second-order valence-electron chi connectivity index (χ2n) is 6.40. The topological polar surface area (TPSA) is 59.8 Å². The molecule has 132 valence electrons. The molecule has 1 aliphatic rings. The SMILES string of the molecule is O=C(CSc1nncn1-c1ccccc1)NC(c1ccccc1)C1CC1. The summed E-state index contributed by atoms with van der Waals surface area (Å²) >= 11 is 1.40. The van der Waals surface area contributed by atoms with E-state index in [1.807, 2.05) is 53.1 Å². The largest absolute Gasteiger partial charge is 0.348 e. The standard InChI is InChI=1S/C20H20N4OS/c25-18(22-19(16-11-12-16)15-7-3-1-4-8-15)13-26-20-23-21-14-24(20)17-9-5-2-6-10-17/h1-10,14,16,19H,11-13H2,(H,22,25). The minimum atomic E-state index is 0.0263. The Morgan fingerprint density at radius 1 is 1.12 bits per heavy atom. The first-order valence-electron chi connectivity index (χ1n) is 8.74. The average Bonchev–Trinajstić information content (AvgIpc) is 3.42. The van der Waals surface area contributed by atoms with Gasteiger partial charge in [0.05, 0.1) is 11.8 Å². The van der Waals surface area contributed by atoms with Crippen molar-refractivity contribution in [1.29, 1.82) is 0 Å². The Hall–Kier alpha value is -2.60. The third kappa shape index (κ3) is 3.96. The van der Waals surface area contributed by atoms with Crippen LogP contribution in [0, 0.1) is 5.92 Å². The van der Waals surface area contributed by atoms with Crippen molar-refractivity contribution in [2.45, 2.75) is 24.0 Å². The van der Waals surface area contributed by atoms with Crippen LogP contribution < -0.4 is 5.32 Å². The molecule has 0 radical (unpaired) electrons. The van der Waals surface area contributed by atoms with E-state index in [0.717, 1.165) is 5.69 Å². The van der Waals surface area contributed by atoms with E-state index in [4.69, 9.17) is 0 Å². The summed E-state index contributed by atoms with van der Waals surface area (Å²) in [4.78, 5) is 12.5. The van der Waals surface area contributed by atoms with Gasteiger partial charge in [-0.1, -0.05) is 60.3 Å². The number of carbonyl (C=O) groups excluding carboxylic acids is 1. The molecule has 6 heteroatoms. The van der Waals surface area contributed by atoms with Crippen LogP contribution in [0.3, 0.4) is 0 Å². The van der Waals surface area contributed by atoms with Crippen LogP contribution >= 0.6 is 11.8 Å². The number of thioether (sulfide) groups is 1. The minimum absolute atomic E-state index is 0.0263. The van der Waals surface area contributed by atoms with Gasteiger partial charge in [-0.2, -0.15) is 0 Å². The maximum Gasteiger partial charge on any atom is 0.230 e. The highest BCUT2D eigenvalue weighted by Gasteiger charge is 2.33. The Labute approximate surface area is 156 Å². The number of para-hydroxylation sites is 1. The lowest BCUT2D eigenvalue weighted by molar-refractivity contribution is -0.119. The average molecular weight is 364 g/mol. The van der Waals surface area contributed by atoms with E-state index in [0.29, 0.717) is 16.8 Å². The number of rotatable bonds is 7. The number of benzene rings is 2. The molecule has 1 aromatic heterocycles. The zero-order valence-corrected chi connectivity index (χ0v) is 15.1. The van der Waals surface area contributed by atoms with Gasteiger partial charge in [-0.25, -0.2) is 0 Å². The van der Waals surface area contributed by atoms with Crippen LogP contribution in [0.4, 0.5) is 0 Å². The van der Waals surface area contributed by atoms with Crippen molar-refractivity contribution in [3.05, 3.63) is 72.6 Å². The van der Waals surface area contributed by atoms with Crippen molar-refractivity contribution < 1.29 is 4.79 Å². The van der Waals surface area contributed by atoms with E-state index in [-0.39, 0.29) is 11.9 Å². The van der Waals surface area contributed by atoms with Gasteiger partial charge in [-0.05, 0) is 36.5 Å². The summed E-state index contributed by atoms with van der Waals surface area (Å²) in [5.74, 6) is 0.902. The van der Waals surface area contributed by atoms with Gasteiger partial charge in [0, 0.05) is 5.69 Å². The summed E-state index contributed by atoms with van der Waals surface area (Å²) in [6.45, 7) is 0. The molecule has 1 unspecified atom stereocenters. The van der Waals surface area contributed by atoms with Gasteiger partial charge in [0.25, 0.3) is 0 Å². The maximum absolute atomic E-state index is 12.5. The van der Waals surface area contributed by atoms with Crippen LogP contribution in [-0.2, 0) is 4.79 Å². The van der Waals surface area contributed by atoms with Gasteiger partial charge < -0.3 is 5.32 Å². The molecule has 1 aliphatic carbocycles. The lowest BCUT2D eigenvalue weighted by Crippen LogP contribution is -2.31. The molecule has 0 bridgehead atoms. The molecular weight excluding hydrogens is 344 g/mol. The Morgan fingerprint density at radius 3 is 2.50 bits per heavy atom.